The molecule has 0 spiro atoms. The Morgan fingerprint density at radius 1 is 1.18 bits per heavy atom. The summed E-state index contributed by atoms with van der Waals surface area (Å²) in [6, 6.07) is 11.6. The van der Waals surface area contributed by atoms with Gasteiger partial charge in [-0.25, -0.2) is 0 Å². The van der Waals surface area contributed by atoms with Gasteiger partial charge in [0.2, 0.25) is 0 Å². The van der Waals surface area contributed by atoms with E-state index in [2.05, 4.69) is 0 Å². The lowest BCUT2D eigenvalue weighted by molar-refractivity contribution is 0.103. The third-order valence-electron chi connectivity index (χ3n) is 4.02. The molecule has 0 aliphatic carbocycles. The summed E-state index contributed by atoms with van der Waals surface area (Å²) in [5.74, 6) is -0.446. The number of nitriles is 1. The van der Waals surface area contributed by atoms with Crippen LogP contribution in [0.3, 0.4) is 0 Å². The summed E-state index contributed by atoms with van der Waals surface area (Å²) in [4.78, 5) is 25.4. The highest BCUT2D eigenvalue weighted by Crippen LogP contribution is 2.27. The summed E-state index contributed by atoms with van der Waals surface area (Å²) in [7, 11) is 1.46. The van der Waals surface area contributed by atoms with E-state index in [9.17, 15) is 20.0 Å². The van der Waals surface area contributed by atoms with E-state index in [4.69, 9.17) is 27.9 Å². The van der Waals surface area contributed by atoms with Crippen molar-refractivity contribution in [3.63, 3.8) is 0 Å². The monoisotopic (exact) mass is 414 g/mol. The fourth-order valence-corrected chi connectivity index (χ4v) is 3.05. The van der Waals surface area contributed by atoms with Gasteiger partial charge >= 0.3 is 0 Å². The number of hydrogen-bond acceptors (Lipinski definition) is 5. The molecule has 8 heteroatoms. The summed E-state index contributed by atoms with van der Waals surface area (Å²) in [6.07, 6.45) is 1.28. The van der Waals surface area contributed by atoms with Crippen molar-refractivity contribution in [2.75, 3.05) is 7.11 Å². The van der Waals surface area contributed by atoms with Gasteiger partial charge in [0.25, 0.3) is 5.56 Å². The van der Waals surface area contributed by atoms with E-state index in [1.54, 1.807) is 18.2 Å². The van der Waals surface area contributed by atoms with Crippen LogP contribution in [0.1, 0.15) is 21.5 Å². The second-order valence-electron chi connectivity index (χ2n) is 5.74. The average Bonchev–Trinajstić information content (AvgIpc) is 2.69. The minimum absolute atomic E-state index is 0.0284. The Hall–Kier alpha value is -3.27. The molecule has 1 aromatic heterocycles. The number of benzene rings is 2. The highest BCUT2D eigenvalue weighted by Gasteiger charge is 2.18. The van der Waals surface area contributed by atoms with Gasteiger partial charge in [0.15, 0.2) is 5.78 Å². The van der Waals surface area contributed by atoms with Gasteiger partial charge in [0.1, 0.15) is 23.1 Å². The molecule has 1 heterocycles. The minimum Gasteiger partial charge on any atom is -0.507 e. The van der Waals surface area contributed by atoms with E-state index in [1.807, 2.05) is 0 Å². The minimum atomic E-state index is -0.615. The predicted molar refractivity (Wildman–Crippen MR) is 105 cm³/mol. The number of hydrogen-bond donors (Lipinski definition) is 1. The molecule has 2 aromatic carbocycles. The molecule has 0 radical (unpaired) electrons. The highest BCUT2D eigenvalue weighted by atomic mass is 35.5. The Bertz CT molecular complexity index is 1200. The van der Waals surface area contributed by atoms with E-state index in [-0.39, 0.29) is 32.5 Å². The second-order valence-corrected chi connectivity index (χ2v) is 6.58. The molecule has 0 atom stereocenters. The van der Waals surface area contributed by atoms with E-state index >= 15 is 0 Å². The third kappa shape index (κ3) is 3.58. The summed E-state index contributed by atoms with van der Waals surface area (Å²) >= 11 is 12.0. The van der Waals surface area contributed by atoms with Gasteiger partial charge in [0, 0.05) is 16.8 Å². The average molecular weight is 415 g/mol. The maximum Gasteiger partial charge on any atom is 0.273 e. The summed E-state index contributed by atoms with van der Waals surface area (Å²) in [6.45, 7) is 0. The molecule has 3 rings (SSSR count). The molecule has 0 aliphatic rings. The molecule has 0 bridgehead atoms. The Labute approximate surface area is 169 Å². The van der Waals surface area contributed by atoms with Crippen LogP contribution < -0.4 is 10.3 Å². The van der Waals surface area contributed by atoms with Crippen LogP contribution >= 0.6 is 23.2 Å². The number of aromatic nitrogens is 1. The number of ketones is 1. The number of phenolic OH excluding ortho intramolecular Hbond substituents is 1. The first-order valence-electron chi connectivity index (χ1n) is 7.89. The number of rotatable bonds is 4. The molecule has 6 nitrogen and oxygen atoms in total. The zero-order chi connectivity index (χ0) is 20.4. The molecular weight excluding hydrogens is 403 g/mol. The van der Waals surface area contributed by atoms with Crippen molar-refractivity contribution in [3.05, 3.63) is 85.8 Å². The fourth-order valence-electron chi connectivity index (χ4n) is 2.63. The highest BCUT2D eigenvalue weighted by molar-refractivity contribution is 6.32. The van der Waals surface area contributed by atoms with E-state index in [0.717, 1.165) is 4.57 Å². The topological polar surface area (TPSA) is 92.3 Å². The zero-order valence-corrected chi connectivity index (χ0v) is 16.0. The molecule has 0 unspecified atom stereocenters. The van der Waals surface area contributed by atoms with Crippen LogP contribution in [0, 0.1) is 11.3 Å². The lowest BCUT2D eigenvalue weighted by Crippen LogP contribution is -2.22. The lowest BCUT2D eigenvalue weighted by atomic mass is 10.0. The first kappa shape index (κ1) is 19.5. The molecule has 0 aliphatic heterocycles. The summed E-state index contributed by atoms with van der Waals surface area (Å²) < 4.78 is 6.23. The van der Waals surface area contributed by atoms with Crippen LogP contribution in [-0.2, 0) is 0 Å². The van der Waals surface area contributed by atoms with Crippen molar-refractivity contribution < 1.29 is 14.6 Å². The Kier molecular flexibility index (Phi) is 5.41. The Morgan fingerprint density at radius 3 is 2.57 bits per heavy atom. The van der Waals surface area contributed by atoms with Gasteiger partial charge in [-0.3, -0.25) is 14.2 Å². The van der Waals surface area contributed by atoms with Crippen molar-refractivity contribution in [2.45, 2.75) is 0 Å². The van der Waals surface area contributed by atoms with Crippen molar-refractivity contribution in [2.24, 2.45) is 0 Å². The Morgan fingerprint density at radius 2 is 1.93 bits per heavy atom. The quantitative estimate of drug-likeness (QED) is 0.652. The standard InChI is InChI=1S/C20H12Cl2N2O4/c1-28-18-5-3-14(8-16(18)22)24-10-12(6-11(9-23)20(24)27)19(26)15-7-13(21)2-4-17(15)25/h2-8,10,25H,1H3. The number of phenols is 1. The normalized spacial score (nSPS) is 10.4. The summed E-state index contributed by atoms with van der Waals surface area (Å²) in [5.41, 5.74) is -0.526. The summed E-state index contributed by atoms with van der Waals surface area (Å²) in [5, 5.41) is 19.8. The maximum absolute atomic E-state index is 12.9. The number of pyridine rings is 1. The molecule has 0 fully saturated rings. The number of halogens is 2. The number of aromatic hydroxyl groups is 1. The van der Waals surface area contributed by atoms with Crippen molar-refractivity contribution in [3.8, 4) is 23.3 Å². The number of methoxy groups -OCH3 is 1. The smallest absolute Gasteiger partial charge is 0.273 e. The number of ether oxygens (including phenoxy) is 1. The van der Waals surface area contributed by atoms with Gasteiger partial charge in [-0.05, 0) is 42.5 Å². The van der Waals surface area contributed by atoms with Crippen LogP contribution in [0.2, 0.25) is 10.0 Å². The molecule has 0 amide bonds. The van der Waals surface area contributed by atoms with Gasteiger partial charge in [0.05, 0.1) is 23.4 Å². The molecule has 140 valence electrons. The Balaban J connectivity index is 2.20. The van der Waals surface area contributed by atoms with E-state index in [0.29, 0.717) is 11.4 Å². The van der Waals surface area contributed by atoms with Gasteiger partial charge in [-0.1, -0.05) is 23.2 Å². The molecular formula is C20H12Cl2N2O4. The van der Waals surface area contributed by atoms with Crippen molar-refractivity contribution in [1.29, 1.82) is 5.26 Å². The van der Waals surface area contributed by atoms with Gasteiger partial charge < -0.3 is 9.84 Å². The number of carbonyl (C=O) groups is 1. The van der Waals surface area contributed by atoms with Crippen LogP contribution in [0.25, 0.3) is 5.69 Å². The number of carbonyl (C=O) groups excluding carboxylic acids is 1. The second kappa shape index (κ2) is 7.77. The predicted octanol–water partition coefficient (Wildman–Crippen LogP) is 3.96. The van der Waals surface area contributed by atoms with E-state index < -0.39 is 11.3 Å². The van der Waals surface area contributed by atoms with E-state index in [1.165, 1.54) is 43.6 Å². The molecule has 28 heavy (non-hydrogen) atoms. The SMILES string of the molecule is COc1ccc(-n2cc(C(=O)c3cc(Cl)ccc3O)cc(C#N)c2=O)cc1Cl. The molecule has 0 saturated heterocycles. The fraction of sp³-hybridized carbons (Fsp3) is 0.0500. The maximum atomic E-state index is 12.9. The van der Waals surface area contributed by atoms with Gasteiger partial charge in [-0.15, -0.1) is 0 Å². The largest absolute Gasteiger partial charge is 0.507 e. The van der Waals surface area contributed by atoms with Gasteiger partial charge in [-0.2, -0.15) is 5.26 Å². The van der Waals surface area contributed by atoms with Crippen molar-refractivity contribution >= 4 is 29.0 Å². The zero-order valence-electron chi connectivity index (χ0n) is 14.4. The van der Waals surface area contributed by atoms with Crippen molar-refractivity contribution in [1.82, 2.24) is 4.57 Å². The van der Waals surface area contributed by atoms with Crippen LogP contribution in [0.4, 0.5) is 0 Å². The molecule has 3 aromatic rings. The first-order valence-corrected chi connectivity index (χ1v) is 8.65. The van der Waals surface area contributed by atoms with Crippen LogP contribution in [-0.4, -0.2) is 22.6 Å². The van der Waals surface area contributed by atoms with Crippen LogP contribution in [0.15, 0.2) is 53.5 Å². The third-order valence-corrected chi connectivity index (χ3v) is 4.55. The van der Waals surface area contributed by atoms with Crippen LogP contribution in [0.5, 0.6) is 11.5 Å². The number of nitrogens with zero attached hydrogens (tertiary/aromatic N) is 2. The molecule has 1 N–H and O–H groups in total. The lowest BCUT2D eigenvalue weighted by Gasteiger charge is -2.11. The molecule has 0 saturated carbocycles. The first-order chi connectivity index (χ1) is 13.3.